The maximum absolute atomic E-state index is 14.0. The minimum absolute atomic E-state index is 0.221. The molecule has 3 aromatic rings. The number of likely N-dealkylation sites (tertiary alicyclic amines) is 1. The van der Waals surface area contributed by atoms with Crippen molar-refractivity contribution in [3.63, 3.8) is 0 Å². The molecule has 12 heteroatoms. The van der Waals surface area contributed by atoms with E-state index in [9.17, 15) is 26.7 Å². The van der Waals surface area contributed by atoms with Crippen LogP contribution in [0, 0.1) is 0 Å². The largest absolute Gasteiger partial charge is 0.418 e. The van der Waals surface area contributed by atoms with Crippen molar-refractivity contribution in [1.82, 2.24) is 14.9 Å². The summed E-state index contributed by atoms with van der Waals surface area (Å²) >= 11 is 0. The Hall–Kier alpha value is -3.22. The van der Waals surface area contributed by atoms with Gasteiger partial charge in [-0.2, -0.15) is 21.6 Å². The maximum Gasteiger partial charge on any atom is 0.418 e. The second-order valence-electron chi connectivity index (χ2n) is 10.2. The molecule has 4 bridgehead atoms. The number of sulfonamides is 1. The molecule has 4 heterocycles. The number of anilines is 2. The van der Waals surface area contributed by atoms with E-state index in [-0.39, 0.29) is 22.6 Å². The number of fused-ring (bicyclic) bond motifs is 6. The molecule has 1 aromatic carbocycles. The number of halogens is 3. The summed E-state index contributed by atoms with van der Waals surface area (Å²) in [4.78, 5) is 12.8. The van der Waals surface area contributed by atoms with Gasteiger partial charge in [-0.3, -0.25) is 9.62 Å². The summed E-state index contributed by atoms with van der Waals surface area (Å²) in [6.07, 6.45) is -1.31. The normalized spacial score (nSPS) is 20.1. The van der Waals surface area contributed by atoms with Crippen LogP contribution in [0.25, 0.3) is 11.3 Å². The average molecular weight is 576 g/mol. The zero-order chi connectivity index (χ0) is 28.3. The summed E-state index contributed by atoms with van der Waals surface area (Å²) in [6, 6.07) is 13.4. The van der Waals surface area contributed by atoms with Crippen LogP contribution in [-0.2, 0) is 22.6 Å². The monoisotopic (exact) mass is 575 g/mol. The van der Waals surface area contributed by atoms with Crippen molar-refractivity contribution in [2.75, 3.05) is 42.3 Å². The van der Waals surface area contributed by atoms with E-state index in [0.717, 1.165) is 49.9 Å². The van der Waals surface area contributed by atoms with Crippen LogP contribution < -0.4 is 9.62 Å². The zero-order valence-corrected chi connectivity index (χ0v) is 22.8. The highest BCUT2D eigenvalue weighted by molar-refractivity contribution is 7.92. The van der Waals surface area contributed by atoms with Gasteiger partial charge in [0.1, 0.15) is 11.6 Å². The third kappa shape index (κ3) is 6.56. The van der Waals surface area contributed by atoms with Gasteiger partial charge in [-0.15, -0.1) is 0 Å². The molecule has 0 amide bonds. The van der Waals surface area contributed by atoms with E-state index in [1.807, 2.05) is 0 Å². The Kier molecular flexibility index (Phi) is 8.29. The van der Waals surface area contributed by atoms with E-state index in [1.54, 1.807) is 36.4 Å². The van der Waals surface area contributed by atoms with E-state index >= 15 is 0 Å². The van der Waals surface area contributed by atoms with E-state index in [2.05, 4.69) is 24.5 Å². The van der Waals surface area contributed by atoms with Crippen LogP contribution in [0.3, 0.4) is 0 Å². The molecular formula is C28H32F3N5O3S. The second kappa shape index (κ2) is 11.7. The maximum atomic E-state index is 14.0. The number of nitrogens with zero attached hydrogens (tertiary/aromatic N) is 4. The molecule has 0 saturated carbocycles. The van der Waals surface area contributed by atoms with Gasteiger partial charge in [0.25, 0.3) is 10.0 Å². The number of aliphatic hydroxyl groups excluding tert-OH is 1. The third-order valence-corrected chi connectivity index (χ3v) is 8.58. The van der Waals surface area contributed by atoms with E-state index in [1.165, 1.54) is 6.07 Å². The quantitative estimate of drug-likeness (QED) is 0.473. The standard InChI is InChI=1S/C28H32F3N5O3S/c29-28(30,31)23-12-13-24-32-27(23)22-9-4-3-8-20(22)7-2-1-5-15-36(18-17-35-16-14-21(37)19-35)25-10-6-11-26(33-25)40(38,39)34-24/h3-4,6,8-13,21,37H,1-2,5,7,14-19H2,(H,32,34)/t21-/m1/s1. The summed E-state index contributed by atoms with van der Waals surface area (Å²) in [5.41, 5.74) is -0.179. The number of rotatable bonds is 3. The van der Waals surface area contributed by atoms with Crippen LogP contribution in [0.2, 0.25) is 0 Å². The first-order valence-electron chi connectivity index (χ1n) is 13.4. The Morgan fingerprint density at radius 1 is 0.950 bits per heavy atom. The summed E-state index contributed by atoms with van der Waals surface area (Å²) < 4.78 is 70.9. The highest BCUT2D eigenvalue weighted by atomic mass is 32.2. The van der Waals surface area contributed by atoms with Crippen molar-refractivity contribution in [2.45, 2.75) is 49.4 Å². The van der Waals surface area contributed by atoms with Gasteiger partial charge < -0.3 is 10.0 Å². The molecule has 0 unspecified atom stereocenters. The Bertz CT molecular complexity index is 1450. The fourth-order valence-electron chi connectivity index (χ4n) is 5.25. The number of aliphatic hydroxyl groups is 1. The Balaban J connectivity index is 1.52. The second-order valence-corrected chi connectivity index (χ2v) is 11.9. The van der Waals surface area contributed by atoms with Gasteiger partial charge in [0, 0.05) is 38.3 Å². The van der Waals surface area contributed by atoms with Gasteiger partial charge in [0.05, 0.1) is 17.4 Å². The number of aryl methyl sites for hydroxylation is 1. The lowest BCUT2D eigenvalue weighted by atomic mass is 9.96. The molecule has 2 aliphatic rings. The Morgan fingerprint density at radius 3 is 2.55 bits per heavy atom. The fourth-order valence-corrected chi connectivity index (χ4v) is 6.22. The number of nitrogens with one attached hydrogen (secondary N) is 1. The molecular weight excluding hydrogens is 543 g/mol. The van der Waals surface area contributed by atoms with Crippen molar-refractivity contribution in [2.24, 2.45) is 0 Å². The predicted octanol–water partition coefficient (Wildman–Crippen LogP) is 4.56. The molecule has 0 radical (unpaired) electrons. The minimum atomic E-state index is -4.67. The number of β-amino-alcohol motifs (C(OH)–C–C–N with tert-alkyl or cyclic N) is 1. The lowest BCUT2D eigenvalue weighted by Crippen LogP contribution is -2.36. The van der Waals surface area contributed by atoms with Crippen LogP contribution in [0.5, 0.6) is 0 Å². The predicted molar refractivity (Wildman–Crippen MR) is 147 cm³/mol. The molecule has 40 heavy (non-hydrogen) atoms. The Morgan fingerprint density at radius 2 is 1.77 bits per heavy atom. The summed E-state index contributed by atoms with van der Waals surface area (Å²) in [5.74, 6) is 0.280. The van der Waals surface area contributed by atoms with Gasteiger partial charge >= 0.3 is 6.18 Å². The highest BCUT2D eigenvalue weighted by Crippen LogP contribution is 2.38. The average Bonchev–Trinajstić information content (AvgIpc) is 3.34. The number of hydrogen-bond acceptors (Lipinski definition) is 7. The molecule has 8 nitrogen and oxygen atoms in total. The highest BCUT2D eigenvalue weighted by Gasteiger charge is 2.35. The van der Waals surface area contributed by atoms with Crippen molar-refractivity contribution in [3.05, 3.63) is 65.7 Å². The molecule has 0 spiro atoms. The molecule has 1 saturated heterocycles. The zero-order valence-electron chi connectivity index (χ0n) is 21.9. The van der Waals surface area contributed by atoms with Crippen LogP contribution in [0.4, 0.5) is 24.8 Å². The lowest BCUT2D eigenvalue weighted by molar-refractivity contribution is -0.137. The van der Waals surface area contributed by atoms with Gasteiger partial charge in [0.2, 0.25) is 0 Å². The van der Waals surface area contributed by atoms with Crippen LogP contribution in [0.15, 0.2) is 59.6 Å². The van der Waals surface area contributed by atoms with Crippen molar-refractivity contribution < 1.29 is 26.7 Å². The van der Waals surface area contributed by atoms with Gasteiger partial charge in [-0.1, -0.05) is 36.8 Å². The molecule has 214 valence electrons. The van der Waals surface area contributed by atoms with E-state index in [0.29, 0.717) is 44.0 Å². The summed E-state index contributed by atoms with van der Waals surface area (Å²) in [5, 5.41) is 9.63. The number of aromatic nitrogens is 2. The van der Waals surface area contributed by atoms with E-state index in [4.69, 9.17) is 0 Å². The summed E-state index contributed by atoms with van der Waals surface area (Å²) in [7, 11) is -4.25. The van der Waals surface area contributed by atoms with Crippen molar-refractivity contribution >= 4 is 21.7 Å². The van der Waals surface area contributed by atoms with Crippen LogP contribution >= 0.6 is 0 Å². The molecule has 0 aliphatic carbocycles. The van der Waals surface area contributed by atoms with Crippen molar-refractivity contribution in [3.8, 4) is 11.3 Å². The van der Waals surface area contributed by atoms with Gasteiger partial charge in [-0.05, 0) is 55.5 Å². The fraction of sp³-hybridized carbons (Fsp3) is 0.429. The SMILES string of the molecule is O=S1(=O)Nc2ccc(C(F)(F)F)c(n2)-c2ccccc2CCCCCN(CCN2CC[C@@H](O)C2)c2cccc1n2. The van der Waals surface area contributed by atoms with Gasteiger partial charge in [-0.25, -0.2) is 9.97 Å². The molecule has 2 aliphatic heterocycles. The number of pyridine rings is 2. The first-order chi connectivity index (χ1) is 19.1. The Labute approximate surface area is 231 Å². The molecule has 2 aromatic heterocycles. The topological polar surface area (TPSA) is 98.7 Å². The van der Waals surface area contributed by atoms with E-state index < -0.39 is 21.8 Å². The van der Waals surface area contributed by atoms with Crippen molar-refractivity contribution in [1.29, 1.82) is 0 Å². The molecule has 2 N–H and O–H groups in total. The molecule has 1 fully saturated rings. The first kappa shape index (κ1) is 28.3. The molecule has 1 atom stereocenters. The molecule has 5 rings (SSSR count). The number of hydrogen-bond donors (Lipinski definition) is 2. The van der Waals surface area contributed by atoms with Crippen LogP contribution in [0.1, 0.15) is 36.8 Å². The third-order valence-electron chi connectivity index (χ3n) is 7.33. The summed E-state index contributed by atoms with van der Waals surface area (Å²) in [6.45, 7) is 3.38. The number of alkyl halides is 3. The van der Waals surface area contributed by atoms with Gasteiger partial charge in [0.15, 0.2) is 5.03 Å². The lowest BCUT2D eigenvalue weighted by Gasteiger charge is -2.27. The number of benzene rings is 1. The minimum Gasteiger partial charge on any atom is -0.392 e. The van der Waals surface area contributed by atoms with Crippen LogP contribution in [-0.4, -0.2) is 67.2 Å². The first-order valence-corrected chi connectivity index (χ1v) is 14.9. The smallest absolute Gasteiger partial charge is 0.392 e.